The fourth-order valence-corrected chi connectivity index (χ4v) is 4.65. The summed E-state index contributed by atoms with van der Waals surface area (Å²) in [5.74, 6) is 0.714. The van der Waals surface area contributed by atoms with Crippen molar-refractivity contribution >= 4 is 11.8 Å². The van der Waals surface area contributed by atoms with Crippen LogP contribution in [0.1, 0.15) is 36.9 Å². The minimum Gasteiger partial charge on any atom is -0.353 e. The van der Waals surface area contributed by atoms with Crippen LogP contribution in [0.25, 0.3) is 0 Å². The Kier molecular flexibility index (Phi) is 7.30. The van der Waals surface area contributed by atoms with E-state index in [2.05, 4.69) is 45.5 Å². The van der Waals surface area contributed by atoms with Gasteiger partial charge in [0.15, 0.2) is 0 Å². The highest BCUT2D eigenvalue weighted by Crippen LogP contribution is 2.24. The lowest BCUT2D eigenvalue weighted by Crippen LogP contribution is -2.56. The zero-order valence-electron chi connectivity index (χ0n) is 18.1. The van der Waals surface area contributed by atoms with Gasteiger partial charge in [-0.05, 0) is 49.3 Å². The molecular formula is C25H32N4O2. The van der Waals surface area contributed by atoms with E-state index in [4.69, 9.17) is 0 Å². The van der Waals surface area contributed by atoms with Gasteiger partial charge in [0.1, 0.15) is 0 Å². The molecule has 2 amide bonds. The Morgan fingerprint density at radius 2 is 1.81 bits per heavy atom. The average molecular weight is 421 g/mol. The topological polar surface area (TPSA) is 65.5 Å². The van der Waals surface area contributed by atoms with Crippen molar-refractivity contribution in [3.05, 3.63) is 66.0 Å². The molecule has 4 rings (SSSR count). The minimum absolute atomic E-state index is 0.0479. The molecule has 2 saturated heterocycles. The number of hydrogen-bond acceptors (Lipinski definition) is 4. The van der Waals surface area contributed by atoms with Crippen molar-refractivity contribution in [3.8, 4) is 0 Å². The smallest absolute Gasteiger partial charge is 0.237 e. The second kappa shape index (κ2) is 10.5. The highest BCUT2D eigenvalue weighted by Gasteiger charge is 2.34. The van der Waals surface area contributed by atoms with Gasteiger partial charge in [0.2, 0.25) is 11.8 Å². The first-order valence-corrected chi connectivity index (χ1v) is 11.4. The second-order valence-electron chi connectivity index (χ2n) is 8.65. The van der Waals surface area contributed by atoms with Gasteiger partial charge in [-0.3, -0.25) is 19.5 Å². The third-order valence-electron chi connectivity index (χ3n) is 6.55. The minimum atomic E-state index is -0.418. The molecule has 1 aromatic carbocycles. The van der Waals surface area contributed by atoms with Crippen LogP contribution in [0.2, 0.25) is 0 Å². The number of nitrogens with one attached hydrogen (secondary N) is 1. The molecule has 3 heterocycles. The molecule has 164 valence electrons. The van der Waals surface area contributed by atoms with Crippen molar-refractivity contribution in [1.29, 1.82) is 0 Å². The van der Waals surface area contributed by atoms with E-state index < -0.39 is 6.04 Å². The molecule has 6 heteroatoms. The maximum Gasteiger partial charge on any atom is 0.237 e. The van der Waals surface area contributed by atoms with Crippen molar-refractivity contribution in [1.82, 2.24) is 20.1 Å². The van der Waals surface area contributed by atoms with E-state index in [0.717, 1.165) is 44.6 Å². The number of hydrogen-bond donors (Lipinski definition) is 1. The van der Waals surface area contributed by atoms with Crippen LogP contribution in [0.15, 0.2) is 54.7 Å². The molecule has 2 fully saturated rings. The Bertz CT molecular complexity index is 850. The van der Waals surface area contributed by atoms with Gasteiger partial charge in [0.05, 0.1) is 18.2 Å². The Labute approximate surface area is 184 Å². The lowest BCUT2D eigenvalue weighted by atomic mass is 9.90. The predicted molar refractivity (Wildman–Crippen MR) is 120 cm³/mol. The molecule has 0 unspecified atom stereocenters. The Morgan fingerprint density at radius 3 is 2.55 bits per heavy atom. The van der Waals surface area contributed by atoms with Gasteiger partial charge < -0.3 is 10.2 Å². The predicted octanol–water partition coefficient (Wildman–Crippen LogP) is 2.64. The van der Waals surface area contributed by atoms with Crippen LogP contribution in [-0.4, -0.2) is 58.8 Å². The van der Waals surface area contributed by atoms with Crippen LogP contribution >= 0.6 is 0 Å². The third kappa shape index (κ3) is 5.91. The maximum absolute atomic E-state index is 13.0. The molecule has 0 bridgehead atoms. The van der Waals surface area contributed by atoms with Crippen LogP contribution in [0.4, 0.5) is 0 Å². The van der Waals surface area contributed by atoms with Crippen LogP contribution in [0.5, 0.6) is 0 Å². The maximum atomic E-state index is 13.0. The number of benzene rings is 1. The number of pyridine rings is 1. The number of amides is 2. The number of carbonyl (C=O) groups excluding carboxylic acids is 2. The normalized spacial score (nSPS) is 20.5. The van der Waals surface area contributed by atoms with Gasteiger partial charge in [-0.25, -0.2) is 0 Å². The van der Waals surface area contributed by atoms with Gasteiger partial charge in [-0.1, -0.05) is 36.4 Å². The number of piperidine rings is 1. The van der Waals surface area contributed by atoms with Gasteiger partial charge in [-0.15, -0.1) is 0 Å². The molecule has 0 aliphatic carbocycles. The van der Waals surface area contributed by atoms with E-state index in [1.165, 1.54) is 12.0 Å². The summed E-state index contributed by atoms with van der Waals surface area (Å²) in [5, 5.41) is 2.92. The Balaban J connectivity index is 1.27. The molecule has 6 nitrogen and oxygen atoms in total. The number of piperazine rings is 1. The number of likely N-dealkylation sites (tertiary alicyclic amines) is 1. The second-order valence-corrected chi connectivity index (χ2v) is 8.65. The zero-order valence-corrected chi connectivity index (χ0v) is 18.1. The average Bonchev–Trinajstić information content (AvgIpc) is 2.81. The third-order valence-corrected chi connectivity index (χ3v) is 6.55. The number of aryl methyl sites for hydroxylation is 1. The summed E-state index contributed by atoms with van der Waals surface area (Å²) < 4.78 is 0. The van der Waals surface area contributed by atoms with E-state index in [9.17, 15) is 9.59 Å². The zero-order chi connectivity index (χ0) is 21.5. The van der Waals surface area contributed by atoms with Crippen LogP contribution < -0.4 is 5.32 Å². The first-order chi connectivity index (χ1) is 15.2. The van der Waals surface area contributed by atoms with Crippen molar-refractivity contribution in [2.45, 2.75) is 44.7 Å². The van der Waals surface area contributed by atoms with Crippen molar-refractivity contribution in [3.63, 3.8) is 0 Å². The molecule has 0 saturated carbocycles. The summed E-state index contributed by atoms with van der Waals surface area (Å²) in [7, 11) is 0. The van der Waals surface area contributed by atoms with Crippen molar-refractivity contribution in [2.75, 3.05) is 26.2 Å². The molecule has 2 aliphatic rings. The fourth-order valence-electron chi connectivity index (χ4n) is 4.65. The molecule has 1 atom stereocenters. The summed E-state index contributed by atoms with van der Waals surface area (Å²) in [4.78, 5) is 34.0. The van der Waals surface area contributed by atoms with Gasteiger partial charge >= 0.3 is 0 Å². The number of aromatic nitrogens is 1. The van der Waals surface area contributed by atoms with Crippen LogP contribution in [0, 0.1) is 5.92 Å². The summed E-state index contributed by atoms with van der Waals surface area (Å²) in [6.45, 7) is 3.54. The SMILES string of the molecule is O=C1NCCN(Cc2ccccn2)[C@@H]1CC(=O)N1CCC(CCc2ccccc2)CC1. The monoisotopic (exact) mass is 420 g/mol. The van der Waals surface area contributed by atoms with E-state index in [1.807, 2.05) is 23.1 Å². The Morgan fingerprint density at radius 1 is 1.03 bits per heavy atom. The largest absolute Gasteiger partial charge is 0.353 e. The van der Waals surface area contributed by atoms with E-state index >= 15 is 0 Å². The molecule has 31 heavy (non-hydrogen) atoms. The standard InChI is InChI=1S/C25H32N4O2/c30-24(28-15-11-21(12-16-28)10-9-20-6-2-1-3-7-20)18-23-25(31)27-14-17-29(23)19-22-8-4-5-13-26-22/h1-8,13,21,23H,9-12,14-19H2,(H,27,31)/t23-/m1/s1. The Hall–Kier alpha value is -2.73. The molecule has 1 aromatic heterocycles. The summed E-state index contributed by atoms with van der Waals surface area (Å²) in [5.41, 5.74) is 2.31. The first kappa shape index (κ1) is 21.5. The molecule has 2 aromatic rings. The lowest BCUT2D eigenvalue weighted by molar-refractivity contribution is -0.140. The lowest BCUT2D eigenvalue weighted by Gasteiger charge is -2.37. The van der Waals surface area contributed by atoms with Crippen molar-refractivity contribution < 1.29 is 9.59 Å². The first-order valence-electron chi connectivity index (χ1n) is 11.4. The van der Waals surface area contributed by atoms with Crippen LogP contribution in [0.3, 0.4) is 0 Å². The van der Waals surface area contributed by atoms with E-state index in [1.54, 1.807) is 6.20 Å². The van der Waals surface area contributed by atoms with E-state index in [0.29, 0.717) is 19.0 Å². The van der Waals surface area contributed by atoms with Gasteiger partial charge in [0, 0.05) is 38.9 Å². The van der Waals surface area contributed by atoms with Gasteiger partial charge in [0.25, 0.3) is 0 Å². The number of nitrogens with zero attached hydrogens (tertiary/aromatic N) is 3. The summed E-state index contributed by atoms with van der Waals surface area (Å²) in [6.07, 6.45) is 6.38. The molecular weight excluding hydrogens is 388 g/mol. The number of carbonyl (C=O) groups is 2. The number of rotatable bonds is 7. The summed E-state index contributed by atoms with van der Waals surface area (Å²) >= 11 is 0. The van der Waals surface area contributed by atoms with E-state index in [-0.39, 0.29) is 18.2 Å². The highest BCUT2D eigenvalue weighted by atomic mass is 16.2. The molecule has 0 spiro atoms. The van der Waals surface area contributed by atoms with Crippen molar-refractivity contribution in [2.24, 2.45) is 5.92 Å². The summed E-state index contributed by atoms with van der Waals surface area (Å²) in [6, 6.07) is 16.0. The fraction of sp³-hybridized carbons (Fsp3) is 0.480. The highest BCUT2D eigenvalue weighted by molar-refractivity contribution is 5.88. The molecule has 2 aliphatic heterocycles. The van der Waals surface area contributed by atoms with Crippen LogP contribution in [-0.2, 0) is 22.6 Å². The quantitative estimate of drug-likeness (QED) is 0.748. The molecule has 1 N–H and O–H groups in total. The molecule has 0 radical (unpaired) electrons. The van der Waals surface area contributed by atoms with Gasteiger partial charge in [-0.2, -0.15) is 0 Å².